The van der Waals surface area contributed by atoms with Crippen LogP contribution in [-0.4, -0.2) is 10.5 Å². The smallest absolute Gasteiger partial charge is 0.0157 e. The van der Waals surface area contributed by atoms with E-state index in [0.717, 1.165) is 46.0 Å². The second-order valence-electron chi connectivity index (χ2n) is 12.0. The largest absolute Gasteiger partial charge is 0.130 e. The fourth-order valence-electron chi connectivity index (χ4n) is 8.17. The van der Waals surface area contributed by atoms with Gasteiger partial charge in [-0.05, 0) is 82.8 Å². The van der Waals surface area contributed by atoms with Crippen LogP contribution in [0.2, 0.25) is 0 Å². The maximum Gasteiger partial charge on any atom is 0.0157 e. The van der Waals surface area contributed by atoms with E-state index in [-0.39, 0.29) is 0 Å². The summed E-state index contributed by atoms with van der Waals surface area (Å²) >= 11 is 4.18. The highest BCUT2D eigenvalue weighted by atomic mass is 32.2. The van der Waals surface area contributed by atoms with E-state index in [2.05, 4.69) is 102 Å². The Hall–Kier alpha value is 0.180. The van der Waals surface area contributed by atoms with Gasteiger partial charge >= 0.3 is 0 Å². The molecule has 4 atom stereocenters. The van der Waals surface area contributed by atoms with Crippen molar-refractivity contribution in [2.75, 3.05) is 0 Å². The molecule has 2 saturated carbocycles. The molecule has 178 valence electrons. The molecule has 0 radical (unpaired) electrons. The minimum atomic E-state index is 0.557. The van der Waals surface area contributed by atoms with Crippen LogP contribution in [0.4, 0.5) is 0 Å². The number of rotatable bonds is 4. The molecule has 0 nitrogen and oxygen atoms in total. The fraction of sp³-hybridized carbons (Fsp3) is 0.862. The first kappa shape index (κ1) is 25.8. The van der Waals surface area contributed by atoms with Crippen molar-refractivity contribution in [1.29, 1.82) is 0 Å². The molecule has 0 N–H and O–H groups in total. The highest BCUT2D eigenvalue weighted by molar-refractivity contribution is 8.03. The molecule has 0 spiro atoms. The molecule has 2 aliphatic heterocycles. The van der Waals surface area contributed by atoms with Gasteiger partial charge in [-0.25, -0.2) is 0 Å². The monoisotopic (exact) mass is 462 g/mol. The summed E-state index contributed by atoms with van der Waals surface area (Å²) in [5.41, 5.74) is 1.13. The van der Waals surface area contributed by atoms with Gasteiger partial charge in [0.15, 0.2) is 0 Å². The third kappa shape index (κ3) is 4.73. The van der Waals surface area contributed by atoms with E-state index < -0.39 is 0 Å². The van der Waals surface area contributed by atoms with Gasteiger partial charge in [0.1, 0.15) is 0 Å². The maximum absolute atomic E-state index is 2.53. The SMILES string of the molecule is CC(C)C1(C(C)C)CCCC2SC=CC21.CC(C)C1(C(C)C)CCCCC2SC=CC21. The summed E-state index contributed by atoms with van der Waals surface area (Å²) in [6, 6.07) is 0. The Balaban J connectivity index is 0.000000176. The molecule has 2 heterocycles. The van der Waals surface area contributed by atoms with Crippen molar-refractivity contribution < 1.29 is 0 Å². The van der Waals surface area contributed by atoms with Crippen molar-refractivity contribution in [2.24, 2.45) is 46.3 Å². The van der Waals surface area contributed by atoms with Crippen molar-refractivity contribution in [2.45, 2.75) is 111 Å². The second-order valence-corrected chi connectivity index (χ2v) is 14.3. The Kier molecular flexibility index (Phi) is 8.84. The molecular weight excluding hydrogens is 412 g/mol. The first-order chi connectivity index (χ1) is 14.7. The standard InChI is InChI=1S/C15H26S.C14H24S/c1-11(2)15(12(3)4)9-6-5-7-14-13(15)8-10-16-14;1-10(2)14(11(3)4)8-5-6-13-12(14)7-9-15-13/h8,10-14H,5-7,9H2,1-4H3;7,9-13H,5-6,8H2,1-4H3. The zero-order valence-corrected chi connectivity index (χ0v) is 23.3. The third-order valence-corrected chi connectivity index (χ3v) is 12.3. The van der Waals surface area contributed by atoms with Gasteiger partial charge in [-0.2, -0.15) is 0 Å². The van der Waals surface area contributed by atoms with E-state index in [1.807, 2.05) is 0 Å². The van der Waals surface area contributed by atoms with Gasteiger partial charge in [-0.1, -0.05) is 86.8 Å². The van der Waals surface area contributed by atoms with Crippen molar-refractivity contribution >= 4 is 23.5 Å². The molecule has 31 heavy (non-hydrogen) atoms. The van der Waals surface area contributed by atoms with E-state index in [0.29, 0.717) is 10.8 Å². The van der Waals surface area contributed by atoms with Gasteiger partial charge in [-0.3, -0.25) is 0 Å². The normalized spacial score (nSPS) is 33.4. The van der Waals surface area contributed by atoms with E-state index in [1.165, 1.54) is 44.9 Å². The summed E-state index contributed by atoms with van der Waals surface area (Å²) < 4.78 is 0. The number of hydrogen-bond acceptors (Lipinski definition) is 2. The quantitative estimate of drug-likeness (QED) is 0.407. The Morgan fingerprint density at radius 1 is 0.581 bits per heavy atom. The zero-order chi connectivity index (χ0) is 22.8. The van der Waals surface area contributed by atoms with E-state index in [1.54, 1.807) is 0 Å². The molecule has 0 aromatic rings. The minimum Gasteiger partial charge on any atom is -0.130 e. The van der Waals surface area contributed by atoms with E-state index >= 15 is 0 Å². The first-order valence-electron chi connectivity index (χ1n) is 13.3. The third-order valence-electron chi connectivity index (χ3n) is 9.87. The average molecular weight is 463 g/mol. The summed E-state index contributed by atoms with van der Waals surface area (Å²) in [5, 5.41) is 6.51. The lowest BCUT2D eigenvalue weighted by atomic mass is 9.55. The highest BCUT2D eigenvalue weighted by Gasteiger charge is 2.50. The minimum absolute atomic E-state index is 0.557. The number of allylic oxidation sites excluding steroid dienone is 2. The summed E-state index contributed by atoms with van der Waals surface area (Å²) in [4.78, 5) is 0. The van der Waals surface area contributed by atoms with Gasteiger partial charge in [0, 0.05) is 10.5 Å². The Morgan fingerprint density at radius 3 is 1.39 bits per heavy atom. The molecule has 2 aliphatic carbocycles. The van der Waals surface area contributed by atoms with Crippen LogP contribution in [0.3, 0.4) is 0 Å². The molecule has 0 amide bonds. The Morgan fingerprint density at radius 2 is 0.968 bits per heavy atom. The second kappa shape index (κ2) is 10.6. The van der Waals surface area contributed by atoms with Crippen LogP contribution in [0.5, 0.6) is 0 Å². The molecule has 4 unspecified atom stereocenters. The number of hydrogen-bond donors (Lipinski definition) is 0. The van der Waals surface area contributed by atoms with E-state index in [4.69, 9.17) is 0 Å². The van der Waals surface area contributed by atoms with Crippen LogP contribution in [0.25, 0.3) is 0 Å². The Labute approximate surface area is 203 Å². The van der Waals surface area contributed by atoms with Gasteiger partial charge in [0.25, 0.3) is 0 Å². The average Bonchev–Trinajstić information content (AvgIpc) is 3.34. The van der Waals surface area contributed by atoms with Gasteiger partial charge < -0.3 is 0 Å². The lowest BCUT2D eigenvalue weighted by molar-refractivity contribution is 0.0206. The van der Waals surface area contributed by atoms with Gasteiger partial charge in [0.2, 0.25) is 0 Å². The fourth-order valence-corrected chi connectivity index (χ4v) is 10.7. The zero-order valence-electron chi connectivity index (χ0n) is 21.7. The van der Waals surface area contributed by atoms with Crippen LogP contribution in [0.1, 0.15) is 100 Å². The summed E-state index contributed by atoms with van der Waals surface area (Å²) in [5.74, 6) is 4.92. The number of thioether (sulfide) groups is 2. The summed E-state index contributed by atoms with van der Waals surface area (Å²) in [7, 11) is 0. The maximum atomic E-state index is 2.53. The van der Waals surface area contributed by atoms with Crippen LogP contribution in [0, 0.1) is 46.3 Å². The van der Waals surface area contributed by atoms with Gasteiger partial charge in [-0.15, -0.1) is 23.5 Å². The van der Waals surface area contributed by atoms with Crippen LogP contribution in [0.15, 0.2) is 23.0 Å². The molecule has 4 aliphatic rings. The molecular formula is C29H50S2. The van der Waals surface area contributed by atoms with Crippen molar-refractivity contribution in [3.8, 4) is 0 Å². The summed E-state index contributed by atoms with van der Waals surface area (Å²) in [6.07, 6.45) is 15.1. The van der Waals surface area contributed by atoms with Crippen LogP contribution >= 0.6 is 23.5 Å². The topological polar surface area (TPSA) is 0 Å². The molecule has 2 heteroatoms. The van der Waals surface area contributed by atoms with Gasteiger partial charge in [0.05, 0.1) is 0 Å². The lowest BCUT2D eigenvalue weighted by Gasteiger charge is -2.51. The highest BCUT2D eigenvalue weighted by Crippen LogP contribution is 2.58. The molecule has 0 saturated heterocycles. The first-order valence-corrected chi connectivity index (χ1v) is 15.2. The molecule has 4 rings (SSSR count). The predicted molar refractivity (Wildman–Crippen MR) is 145 cm³/mol. The van der Waals surface area contributed by atoms with Crippen molar-refractivity contribution in [3.63, 3.8) is 0 Å². The predicted octanol–water partition coefficient (Wildman–Crippen LogP) is 9.82. The lowest BCUT2D eigenvalue weighted by Crippen LogP contribution is -2.45. The van der Waals surface area contributed by atoms with E-state index in [9.17, 15) is 0 Å². The number of fused-ring (bicyclic) bond motifs is 2. The molecule has 2 fully saturated rings. The van der Waals surface area contributed by atoms with Crippen molar-refractivity contribution in [3.05, 3.63) is 23.0 Å². The van der Waals surface area contributed by atoms with Crippen molar-refractivity contribution in [1.82, 2.24) is 0 Å². The molecule has 0 bridgehead atoms. The molecule has 0 aromatic carbocycles. The molecule has 0 aromatic heterocycles. The Bertz CT molecular complexity index is 611. The van der Waals surface area contributed by atoms with Crippen LogP contribution in [-0.2, 0) is 0 Å². The summed E-state index contributed by atoms with van der Waals surface area (Å²) in [6.45, 7) is 19.5. The van der Waals surface area contributed by atoms with Crippen LogP contribution < -0.4 is 0 Å².